The van der Waals surface area contributed by atoms with Crippen LogP contribution in [-0.2, 0) is 19.1 Å². The molecule has 0 saturated carbocycles. The molecule has 0 aliphatic heterocycles. The summed E-state index contributed by atoms with van der Waals surface area (Å²) in [4.78, 5) is 24.4. The Kier molecular flexibility index (Phi) is 24.8. The first-order chi connectivity index (χ1) is 17.5. The molecule has 0 aliphatic rings. The summed E-state index contributed by atoms with van der Waals surface area (Å²) in [6, 6.07) is 0. The van der Waals surface area contributed by atoms with Crippen LogP contribution in [0.25, 0.3) is 0 Å². The van der Waals surface area contributed by atoms with Crippen molar-refractivity contribution in [1.82, 2.24) is 0 Å². The number of rotatable bonds is 26. The summed E-state index contributed by atoms with van der Waals surface area (Å²) >= 11 is 0. The fraction of sp³-hybridized carbons (Fsp3) is 0.938. The molecule has 0 N–H and O–H groups in total. The smallest absolute Gasteiger partial charge is 0.306 e. The summed E-state index contributed by atoms with van der Waals surface area (Å²) in [5.74, 6) is 0.713. The van der Waals surface area contributed by atoms with Crippen molar-refractivity contribution in [3.8, 4) is 0 Å². The first-order valence-electron chi connectivity index (χ1n) is 15.9. The molecule has 0 amide bonds. The van der Waals surface area contributed by atoms with Crippen molar-refractivity contribution < 1.29 is 19.1 Å². The monoisotopic (exact) mass is 510 g/mol. The summed E-state index contributed by atoms with van der Waals surface area (Å²) in [7, 11) is 0. The van der Waals surface area contributed by atoms with Crippen LogP contribution in [0.4, 0.5) is 0 Å². The Morgan fingerprint density at radius 1 is 0.472 bits per heavy atom. The van der Waals surface area contributed by atoms with Crippen molar-refractivity contribution in [3.05, 3.63) is 0 Å². The highest BCUT2D eigenvalue weighted by Gasteiger charge is 2.15. The van der Waals surface area contributed by atoms with Crippen molar-refractivity contribution in [3.63, 3.8) is 0 Å². The van der Waals surface area contributed by atoms with E-state index in [2.05, 4.69) is 34.6 Å². The van der Waals surface area contributed by atoms with Crippen molar-refractivity contribution in [2.45, 2.75) is 188 Å². The predicted molar refractivity (Wildman–Crippen MR) is 153 cm³/mol. The second kappa shape index (κ2) is 25.6. The summed E-state index contributed by atoms with van der Waals surface area (Å²) < 4.78 is 11.5. The Morgan fingerprint density at radius 3 is 1.11 bits per heavy atom. The Morgan fingerprint density at radius 2 is 0.806 bits per heavy atom. The molecule has 0 unspecified atom stereocenters. The van der Waals surface area contributed by atoms with Gasteiger partial charge in [-0.15, -0.1) is 0 Å². The van der Waals surface area contributed by atoms with E-state index in [4.69, 9.17) is 9.47 Å². The topological polar surface area (TPSA) is 52.6 Å². The van der Waals surface area contributed by atoms with E-state index in [0.29, 0.717) is 18.8 Å². The Labute approximate surface area is 225 Å². The lowest BCUT2D eigenvalue weighted by atomic mass is 9.96. The van der Waals surface area contributed by atoms with Gasteiger partial charge in [-0.25, -0.2) is 0 Å². The third kappa shape index (κ3) is 22.2. The summed E-state index contributed by atoms with van der Waals surface area (Å²) in [6.07, 6.45) is 23.6. The first kappa shape index (κ1) is 34.9. The zero-order valence-corrected chi connectivity index (χ0v) is 24.9. The lowest BCUT2D eigenvalue weighted by molar-refractivity contribution is -0.151. The van der Waals surface area contributed by atoms with E-state index in [0.717, 1.165) is 103 Å². The minimum atomic E-state index is 0.000768. The fourth-order valence-corrected chi connectivity index (χ4v) is 4.76. The maximum atomic E-state index is 12.2. The van der Waals surface area contributed by atoms with Crippen LogP contribution in [0, 0.1) is 5.92 Å². The standard InChI is InChI=1S/C32H62O4/c1-6-10-22-29(23-11-7-2)35-31(33)26-18-14-16-20-28(5)21-17-15-19-27-32(34)36-30(24-12-8-3)25-13-9-4/h28-30H,6-27H2,1-5H3. The number of carbonyl (C=O) groups excluding carboxylic acids is 2. The molecule has 0 rings (SSSR count). The fourth-order valence-electron chi connectivity index (χ4n) is 4.76. The quantitative estimate of drug-likeness (QED) is 0.0857. The van der Waals surface area contributed by atoms with Gasteiger partial charge in [0.15, 0.2) is 0 Å². The molecule has 4 nitrogen and oxygen atoms in total. The molecule has 214 valence electrons. The van der Waals surface area contributed by atoms with Gasteiger partial charge in [0.25, 0.3) is 0 Å². The minimum absolute atomic E-state index is 0.000768. The Bertz CT molecular complexity index is 444. The van der Waals surface area contributed by atoms with E-state index in [1.165, 1.54) is 25.7 Å². The molecule has 0 aromatic carbocycles. The van der Waals surface area contributed by atoms with Gasteiger partial charge in [0.1, 0.15) is 12.2 Å². The number of hydrogen-bond donors (Lipinski definition) is 0. The van der Waals surface area contributed by atoms with Gasteiger partial charge in [0.2, 0.25) is 0 Å². The molecule has 4 heteroatoms. The van der Waals surface area contributed by atoms with E-state index in [1.807, 2.05) is 0 Å². The van der Waals surface area contributed by atoms with Gasteiger partial charge in [-0.05, 0) is 44.4 Å². The second-order valence-corrected chi connectivity index (χ2v) is 11.1. The van der Waals surface area contributed by atoms with Crippen molar-refractivity contribution in [2.75, 3.05) is 0 Å². The zero-order valence-electron chi connectivity index (χ0n) is 24.9. The van der Waals surface area contributed by atoms with Crippen molar-refractivity contribution in [1.29, 1.82) is 0 Å². The number of esters is 2. The van der Waals surface area contributed by atoms with E-state index >= 15 is 0 Å². The molecular formula is C32H62O4. The normalized spacial score (nSPS) is 11.6. The zero-order chi connectivity index (χ0) is 26.9. The minimum Gasteiger partial charge on any atom is -0.462 e. The third-order valence-corrected chi connectivity index (χ3v) is 7.27. The van der Waals surface area contributed by atoms with Crippen LogP contribution < -0.4 is 0 Å². The number of carbonyl (C=O) groups is 2. The summed E-state index contributed by atoms with van der Waals surface area (Å²) in [5.41, 5.74) is 0. The van der Waals surface area contributed by atoms with E-state index in [9.17, 15) is 9.59 Å². The number of ether oxygens (including phenoxy) is 2. The van der Waals surface area contributed by atoms with Gasteiger partial charge >= 0.3 is 11.9 Å². The SMILES string of the molecule is CCCCC(CCCC)OC(=O)CCCCCC(C)CCCCCC(=O)OC(CCCC)CCCC. The molecule has 0 aliphatic carbocycles. The molecule has 36 heavy (non-hydrogen) atoms. The van der Waals surface area contributed by atoms with Crippen LogP contribution in [-0.4, -0.2) is 24.1 Å². The molecule has 0 radical (unpaired) electrons. The summed E-state index contributed by atoms with van der Waals surface area (Å²) in [5, 5.41) is 0. The van der Waals surface area contributed by atoms with Crippen molar-refractivity contribution in [2.24, 2.45) is 5.92 Å². The van der Waals surface area contributed by atoms with Crippen LogP contribution >= 0.6 is 0 Å². The predicted octanol–water partition coefficient (Wildman–Crippen LogP) is 10.1. The van der Waals surface area contributed by atoms with Gasteiger partial charge < -0.3 is 9.47 Å². The average molecular weight is 511 g/mol. The van der Waals surface area contributed by atoms with Crippen LogP contribution in [0.5, 0.6) is 0 Å². The Balaban J connectivity index is 3.82. The second-order valence-electron chi connectivity index (χ2n) is 11.1. The Hall–Kier alpha value is -1.06. The third-order valence-electron chi connectivity index (χ3n) is 7.27. The van der Waals surface area contributed by atoms with Gasteiger partial charge in [0, 0.05) is 12.8 Å². The molecular weight excluding hydrogens is 448 g/mol. The van der Waals surface area contributed by atoms with Crippen LogP contribution in [0.2, 0.25) is 0 Å². The van der Waals surface area contributed by atoms with Crippen LogP contribution in [0.3, 0.4) is 0 Å². The van der Waals surface area contributed by atoms with E-state index < -0.39 is 0 Å². The molecule has 0 aromatic heterocycles. The van der Waals surface area contributed by atoms with Gasteiger partial charge in [-0.1, -0.05) is 125 Å². The van der Waals surface area contributed by atoms with Crippen LogP contribution in [0.15, 0.2) is 0 Å². The van der Waals surface area contributed by atoms with Crippen molar-refractivity contribution >= 4 is 11.9 Å². The first-order valence-corrected chi connectivity index (χ1v) is 15.9. The highest BCUT2D eigenvalue weighted by molar-refractivity contribution is 5.69. The van der Waals surface area contributed by atoms with Crippen LogP contribution in [0.1, 0.15) is 176 Å². The summed E-state index contributed by atoms with van der Waals surface area (Å²) in [6.45, 7) is 11.1. The number of hydrogen-bond acceptors (Lipinski definition) is 4. The molecule has 0 spiro atoms. The maximum Gasteiger partial charge on any atom is 0.306 e. The van der Waals surface area contributed by atoms with Gasteiger partial charge in [-0.3, -0.25) is 9.59 Å². The van der Waals surface area contributed by atoms with Gasteiger partial charge in [0.05, 0.1) is 0 Å². The average Bonchev–Trinajstić information content (AvgIpc) is 2.86. The molecule has 0 saturated heterocycles. The largest absolute Gasteiger partial charge is 0.462 e. The number of unbranched alkanes of at least 4 members (excludes halogenated alkanes) is 8. The lowest BCUT2D eigenvalue weighted by Gasteiger charge is -2.17. The lowest BCUT2D eigenvalue weighted by Crippen LogP contribution is -2.18. The highest BCUT2D eigenvalue weighted by atomic mass is 16.5. The molecule has 0 atom stereocenters. The highest BCUT2D eigenvalue weighted by Crippen LogP contribution is 2.19. The molecule has 0 bridgehead atoms. The molecule has 0 fully saturated rings. The maximum absolute atomic E-state index is 12.2. The molecule has 0 heterocycles. The van der Waals surface area contributed by atoms with E-state index in [1.54, 1.807) is 0 Å². The molecule has 0 aromatic rings. The van der Waals surface area contributed by atoms with E-state index in [-0.39, 0.29) is 24.1 Å². The van der Waals surface area contributed by atoms with Gasteiger partial charge in [-0.2, -0.15) is 0 Å².